The molecule has 1 N–H and O–H groups in total. The van der Waals surface area contributed by atoms with E-state index < -0.39 is 23.3 Å². The van der Waals surface area contributed by atoms with E-state index >= 15 is 0 Å². The lowest BCUT2D eigenvalue weighted by Gasteiger charge is -2.26. The summed E-state index contributed by atoms with van der Waals surface area (Å²) in [5, 5.41) is 13.3. The molecule has 0 atom stereocenters. The van der Waals surface area contributed by atoms with Crippen molar-refractivity contribution in [1.82, 2.24) is 4.90 Å². The number of non-ortho nitro benzene ring substituents is 1. The Morgan fingerprint density at radius 2 is 1.93 bits per heavy atom. The van der Waals surface area contributed by atoms with E-state index in [4.69, 9.17) is 9.47 Å². The van der Waals surface area contributed by atoms with E-state index in [1.54, 1.807) is 12.1 Å². The van der Waals surface area contributed by atoms with Crippen molar-refractivity contribution in [2.45, 2.75) is 6.54 Å². The minimum Gasteiger partial charge on any atom is -0.481 e. The second kappa shape index (κ2) is 9.25. The van der Waals surface area contributed by atoms with Gasteiger partial charge in [-0.3, -0.25) is 19.8 Å². The number of anilines is 1. The normalized spacial score (nSPS) is 14.5. The van der Waals surface area contributed by atoms with E-state index in [2.05, 4.69) is 10.2 Å². The maximum Gasteiger partial charge on any atom is 0.272 e. The number of hydrogen-bond donors (Lipinski definition) is 1. The fourth-order valence-corrected chi connectivity index (χ4v) is 2.77. The number of nitrogens with zero attached hydrogens (tertiary/aromatic N) is 2. The molecule has 1 aliphatic heterocycles. The molecule has 1 fully saturated rings. The van der Waals surface area contributed by atoms with Gasteiger partial charge in [0.15, 0.2) is 18.2 Å². The van der Waals surface area contributed by atoms with Gasteiger partial charge in [-0.1, -0.05) is 12.1 Å². The summed E-state index contributed by atoms with van der Waals surface area (Å²) in [6.07, 6.45) is 0. The SMILES string of the molecule is O=C(COc1ccc([N+](=O)[O-])cc1F)Nc1ccc(CN2CCOCC2)cc1. The molecule has 28 heavy (non-hydrogen) atoms. The zero-order chi connectivity index (χ0) is 19.9. The Hall–Kier alpha value is -3.04. The minimum atomic E-state index is -0.894. The van der Waals surface area contributed by atoms with E-state index in [0.717, 1.165) is 56.6 Å². The lowest BCUT2D eigenvalue weighted by molar-refractivity contribution is -0.385. The molecule has 9 heteroatoms. The Morgan fingerprint density at radius 3 is 2.57 bits per heavy atom. The number of hydrogen-bond acceptors (Lipinski definition) is 6. The number of nitro benzene ring substituents is 1. The predicted octanol–water partition coefficient (Wildman–Crippen LogP) is 2.58. The fourth-order valence-electron chi connectivity index (χ4n) is 2.77. The van der Waals surface area contributed by atoms with E-state index in [0.29, 0.717) is 5.69 Å². The molecular weight excluding hydrogens is 369 g/mol. The zero-order valence-corrected chi connectivity index (χ0v) is 15.1. The molecular formula is C19H20FN3O5. The van der Waals surface area contributed by atoms with Crippen LogP contribution in [0.3, 0.4) is 0 Å². The highest BCUT2D eigenvalue weighted by molar-refractivity contribution is 5.91. The molecule has 2 aromatic carbocycles. The van der Waals surface area contributed by atoms with Crippen molar-refractivity contribution in [1.29, 1.82) is 0 Å². The van der Waals surface area contributed by atoms with Crippen LogP contribution in [0.1, 0.15) is 5.56 Å². The van der Waals surface area contributed by atoms with E-state index in [-0.39, 0.29) is 11.4 Å². The molecule has 0 bridgehead atoms. The Morgan fingerprint density at radius 1 is 1.21 bits per heavy atom. The molecule has 1 aliphatic rings. The highest BCUT2D eigenvalue weighted by atomic mass is 19.1. The summed E-state index contributed by atoms with van der Waals surface area (Å²) in [6.45, 7) is 3.68. The number of amides is 1. The van der Waals surface area contributed by atoms with Gasteiger partial charge in [0.2, 0.25) is 0 Å². The average Bonchev–Trinajstić information content (AvgIpc) is 2.69. The molecule has 1 saturated heterocycles. The highest BCUT2D eigenvalue weighted by Gasteiger charge is 2.13. The summed E-state index contributed by atoms with van der Waals surface area (Å²) >= 11 is 0. The number of carbonyl (C=O) groups excluding carboxylic acids is 1. The molecule has 0 saturated carbocycles. The van der Waals surface area contributed by atoms with E-state index in [1.807, 2.05) is 12.1 Å². The summed E-state index contributed by atoms with van der Waals surface area (Å²) in [7, 11) is 0. The van der Waals surface area contributed by atoms with Gasteiger partial charge in [0.25, 0.3) is 11.6 Å². The number of nitrogens with one attached hydrogen (secondary N) is 1. The summed E-state index contributed by atoms with van der Waals surface area (Å²) in [5.41, 5.74) is 1.35. The molecule has 148 valence electrons. The maximum atomic E-state index is 13.8. The molecule has 0 aliphatic carbocycles. The third-order valence-corrected chi connectivity index (χ3v) is 4.23. The lowest BCUT2D eigenvalue weighted by atomic mass is 10.2. The van der Waals surface area contributed by atoms with Crippen molar-refractivity contribution in [2.75, 3.05) is 38.2 Å². The number of halogens is 1. The average molecular weight is 389 g/mol. The van der Waals surface area contributed by atoms with Crippen LogP contribution in [0.25, 0.3) is 0 Å². The maximum absolute atomic E-state index is 13.8. The number of benzene rings is 2. The first kappa shape index (κ1) is 19.7. The van der Waals surface area contributed by atoms with Gasteiger partial charge >= 0.3 is 0 Å². The van der Waals surface area contributed by atoms with Gasteiger partial charge in [-0.15, -0.1) is 0 Å². The van der Waals surface area contributed by atoms with Crippen molar-refractivity contribution in [2.24, 2.45) is 0 Å². The molecule has 0 unspecified atom stereocenters. The largest absolute Gasteiger partial charge is 0.481 e. The quantitative estimate of drug-likeness (QED) is 0.578. The number of morpholine rings is 1. The number of carbonyl (C=O) groups is 1. The van der Waals surface area contributed by atoms with Crippen LogP contribution in [0.2, 0.25) is 0 Å². The monoisotopic (exact) mass is 389 g/mol. The number of rotatable bonds is 7. The van der Waals surface area contributed by atoms with Crippen molar-refractivity contribution in [3.05, 3.63) is 64.0 Å². The molecule has 0 aromatic heterocycles. The molecule has 1 amide bonds. The fraction of sp³-hybridized carbons (Fsp3) is 0.316. The van der Waals surface area contributed by atoms with Gasteiger partial charge in [0.05, 0.1) is 24.2 Å². The van der Waals surface area contributed by atoms with Gasteiger partial charge in [0.1, 0.15) is 0 Å². The number of ether oxygens (including phenoxy) is 2. The van der Waals surface area contributed by atoms with Crippen molar-refractivity contribution >= 4 is 17.3 Å². The molecule has 3 rings (SSSR count). The molecule has 0 radical (unpaired) electrons. The van der Waals surface area contributed by atoms with Crippen LogP contribution < -0.4 is 10.1 Å². The first-order valence-electron chi connectivity index (χ1n) is 8.77. The van der Waals surface area contributed by atoms with E-state index in [1.165, 1.54) is 0 Å². The second-order valence-electron chi connectivity index (χ2n) is 6.29. The first-order chi connectivity index (χ1) is 13.5. The standard InChI is InChI=1S/C19H20FN3O5/c20-17-11-16(23(25)26)5-6-18(17)28-13-19(24)21-15-3-1-14(2-4-15)12-22-7-9-27-10-8-22/h1-6,11H,7-10,12-13H2,(H,21,24). The van der Waals surface area contributed by atoms with Crippen LogP contribution in [-0.4, -0.2) is 48.6 Å². The smallest absolute Gasteiger partial charge is 0.272 e. The molecule has 8 nitrogen and oxygen atoms in total. The van der Waals surface area contributed by atoms with Crippen LogP contribution in [0.5, 0.6) is 5.75 Å². The van der Waals surface area contributed by atoms with Crippen molar-refractivity contribution in [3.63, 3.8) is 0 Å². The van der Waals surface area contributed by atoms with Crippen LogP contribution in [0, 0.1) is 15.9 Å². The summed E-state index contributed by atoms with van der Waals surface area (Å²) < 4.78 is 24.2. The van der Waals surface area contributed by atoms with Crippen molar-refractivity contribution < 1.29 is 23.6 Å². The Bertz CT molecular complexity index is 838. The van der Waals surface area contributed by atoms with Gasteiger partial charge < -0.3 is 14.8 Å². The highest BCUT2D eigenvalue weighted by Crippen LogP contribution is 2.22. The van der Waals surface area contributed by atoms with Crippen LogP contribution in [-0.2, 0) is 16.1 Å². The van der Waals surface area contributed by atoms with Crippen LogP contribution >= 0.6 is 0 Å². The Balaban J connectivity index is 1.48. The third-order valence-electron chi connectivity index (χ3n) is 4.23. The van der Waals surface area contributed by atoms with Gasteiger partial charge in [-0.25, -0.2) is 4.39 Å². The Labute approximate surface area is 161 Å². The minimum absolute atomic E-state index is 0.221. The number of nitro groups is 1. The third kappa shape index (κ3) is 5.48. The van der Waals surface area contributed by atoms with Crippen molar-refractivity contribution in [3.8, 4) is 5.75 Å². The second-order valence-corrected chi connectivity index (χ2v) is 6.29. The molecule has 2 aromatic rings. The van der Waals surface area contributed by atoms with E-state index in [9.17, 15) is 19.3 Å². The van der Waals surface area contributed by atoms with Gasteiger partial charge in [-0.05, 0) is 23.8 Å². The summed E-state index contributed by atoms with van der Waals surface area (Å²) in [6, 6.07) is 10.4. The Kier molecular flexibility index (Phi) is 6.51. The topological polar surface area (TPSA) is 93.9 Å². The van der Waals surface area contributed by atoms with Gasteiger partial charge in [-0.2, -0.15) is 0 Å². The predicted molar refractivity (Wildman–Crippen MR) is 99.7 cm³/mol. The molecule has 0 spiro atoms. The lowest BCUT2D eigenvalue weighted by Crippen LogP contribution is -2.35. The van der Waals surface area contributed by atoms with Gasteiger partial charge in [0, 0.05) is 31.4 Å². The van der Waals surface area contributed by atoms with Crippen LogP contribution in [0.15, 0.2) is 42.5 Å². The first-order valence-corrected chi connectivity index (χ1v) is 8.77. The summed E-state index contributed by atoms with van der Waals surface area (Å²) in [5.74, 6) is -1.57. The molecule has 1 heterocycles. The van der Waals surface area contributed by atoms with Crippen LogP contribution in [0.4, 0.5) is 15.8 Å². The zero-order valence-electron chi connectivity index (χ0n) is 15.1. The summed E-state index contributed by atoms with van der Waals surface area (Å²) in [4.78, 5) is 24.2.